The van der Waals surface area contributed by atoms with Gasteiger partial charge in [-0.25, -0.2) is 0 Å². The van der Waals surface area contributed by atoms with Crippen LogP contribution in [0.25, 0.3) is 0 Å². The molecule has 1 N–H and O–H groups in total. The maximum absolute atomic E-state index is 9.27. The minimum absolute atomic E-state index is 0.0298. The van der Waals surface area contributed by atoms with Gasteiger partial charge in [-0.15, -0.1) is 0 Å². The number of hydrogen-bond acceptors (Lipinski definition) is 3. The monoisotopic (exact) mass is 252 g/mol. The van der Waals surface area contributed by atoms with E-state index in [9.17, 15) is 5.11 Å². The summed E-state index contributed by atoms with van der Waals surface area (Å²) in [5, 5.41) is 9.83. The molecule has 2 aromatic rings. The number of furan rings is 1. The quantitative estimate of drug-likeness (QED) is 0.889. The third kappa shape index (κ3) is 3.02. The first-order chi connectivity index (χ1) is 8.31. The van der Waals surface area contributed by atoms with Crippen molar-refractivity contribution in [2.75, 3.05) is 13.2 Å². The molecule has 1 atom stereocenters. The number of aliphatic hydroxyl groups is 1. The summed E-state index contributed by atoms with van der Waals surface area (Å²) in [6.45, 7) is 0.297. The van der Waals surface area contributed by atoms with Gasteiger partial charge >= 0.3 is 0 Å². The van der Waals surface area contributed by atoms with Gasteiger partial charge in [0.15, 0.2) is 0 Å². The molecule has 0 aliphatic carbocycles. The molecule has 0 fully saturated rings. The van der Waals surface area contributed by atoms with Gasteiger partial charge in [-0.05, 0) is 24.3 Å². The Kier molecular flexibility index (Phi) is 4.07. The third-order valence-corrected chi connectivity index (χ3v) is 2.75. The highest BCUT2D eigenvalue weighted by molar-refractivity contribution is 6.32. The molecule has 2 rings (SSSR count). The number of benzene rings is 1. The van der Waals surface area contributed by atoms with Crippen LogP contribution in [0.2, 0.25) is 5.02 Å². The maximum Gasteiger partial charge on any atom is 0.137 e. The second-order valence-corrected chi connectivity index (χ2v) is 4.04. The highest BCUT2D eigenvalue weighted by atomic mass is 35.5. The smallest absolute Gasteiger partial charge is 0.137 e. The molecule has 17 heavy (non-hydrogen) atoms. The van der Waals surface area contributed by atoms with E-state index in [1.807, 2.05) is 18.2 Å². The fourth-order valence-electron chi connectivity index (χ4n) is 1.50. The summed E-state index contributed by atoms with van der Waals surface area (Å²) in [6, 6.07) is 10.8. The molecule has 90 valence electrons. The van der Waals surface area contributed by atoms with Crippen LogP contribution in [0.4, 0.5) is 0 Å². The fourth-order valence-corrected chi connectivity index (χ4v) is 1.69. The minimum Gasteiger partial charge on any atom is -0.491 e. The summed E-state index contributed by atoms with van der Waals surface area (Å²) in [7, 11) is 0. The molecule has 3 nitrogen and oxygen atoms in total. The molecule has 0 aliphatic heterocycles. The Morgan fingerprint density at radius 3 is 2.71 bits per heavy atom. The summed E-state index contributed by atoms with van der Waals surface area (Å²) in [4.78, 5) is 0. The molecule has 0 saturated carbocycles. The van der Waals surface area contributed by atoms with Gasteiger partial charge in [-0.3, -0.25) is 0 Å². The second kappa shape index (κ2) is 5.75. The SMILES string of the molecule is OCC(COc1ccccc1Cl)c1ccco1. The lowest BCUT2D eigenvalue weighted by molar-refractivity contribution is 0.190. The zero-order chi connectivity index (χ0) is 12.1. The van der Waals surface area contributed by atoms with E-state index in [1.165, 1.54) is 0 Å². The van der Waals surface area contributed by atoms with Crippen molar-refractivity contribution in [1.82, 2.24) is 0 Å². The maximum atomic E-state index is 9.27. The lowest BCUT2D eigenvalue weighted by atomic mass is 10.1. The average Bonchev–Trinajstić information content (AvgIpc) is 2.86. The third-order valence-electron chi connectivity index (χ3n) is 2.44. The molecule has 1 aromatic carbocycles. The number of hydrogen-bond donors (Lipinski definition) is 1. The van der Waals surface area contributed by atoms with Gasteiger partial charge in [0.2, 0.25) is 0 Å². The van der Waals surface area contributed by atoms with Crippen molar-refractivity contribution in [2.24, 2.45) is 0 Å². The summed E-state index contributed by atoms with van der Waals surface area (Å²) >= 11 is 5.96. The van der Waals surface area contributed by atoms with Crippen LogP contribution in [-0.2, 0) is 0 Å². The molecular formula is C13H13ClO3. The van der Waals surface area contributed by atoms with Crippen molar-refractivity contribution in [3.63, 3.8) is 0 Å². The number of rotatable bonds is 5. The van der Waals surface area contributed by atoms with Crippen LogP contribution >= 0.6 is 11.6 Å². The minimum atomic E-state index is -0.179. The molecule has 0 amide bonds. The largest absolute Gasteiger partial charge is 0.491 e. The van der Waals surface area contributed by atoms with Crippen LogP contribution < -0.4 is 4.74 Å². The van der Waals surface area contributed by atoms with E-state index in [0.717, 1.165) is 0 Å². The molecule has 0 saturated heterocycles. The number of para-hydroxylation sites is 1. The molecule has 4 heteroatoms. The van der Waals surface area contributed by atoms with Crippen LogP contribution in [0.3, 0.4) is 0 Å². The molecule has 1 unspecified atom stereocenters. The molecule has 0 spiro atoms. The van der Waals surface area contributed by atoms with E-state index in [1.54, 1.807) is 24.5 Å². The summed E-state index contributed by atoms with van der Waals surface area (Å²) < 4.78 is 10.8. The van der Waals surface area contributed by atoms with Gasteiger partial charge in [0.05, 0.1) is 23.8 Å². The van der Waals surface area contributed by atoms with Crippen LogP contribution in [0.1, 0.15) is 11.7 Å². The summed E-state index contributed by atoms with van der Waals surface area (Å²) in [5.74, 6) is 1.14. The second-order valence-electron chi connectivity index (χ2n) is 3.64. The lowest BCUT2D eigenvalue weighted by Gasteiger charge is -2.13. The van der Waals surface area contributed by atoms with Crippen molar-refractivity contribution in [3.05, 3.63) is 53.4 Å². The molecular weight excluding hydrogens is 240 g/mol. The first-order valence-corrected chi connectivity index (χ1v) is 5.70. The van der Waals surface area contributed by atoms with E-state index in [-0.39, 0.29) is 12.5 Å². The first kappa shape index (κ1) is 12.0. The average molecular weight is 253 g/mol. The molecule has 1 heterocycles. The normalized spacial score (nSPS) is 12.4. The van der Waals surface area contributed by atoms with Crippen molar-refractivity contribution < 1.29 is 14.3 Å². The van der Waals surface area contributed by atoms with Gasteiger partial charge in [0.25, 0.3) is 0 Å². The Balaban J connectivity index is 2.00. The molecule has 0 radical (unpaired) electrons. The lowest BCUT2D eigenvalue weighted by Crippen LogP contribution is -2.13. The zero-order valence-electron chi connectivity index (χ0n) is 9.17. The van der Waals surface area contributed by atoms with E-state index in [4.69, 9.17) is 20.8 Å². The predicted octanol–water partition coefficient (Wildman–Crippen LogP) is 3.09. The summed E-state index contributed by atoms with van der Waals surface area (Å²) in [6.07, 6.45) is 1.58. The Morgan fingerprint density at radius 2 is 2.06 bits per heavy atom. The predicted molar refractivity (Wildman–Crippen MR) is 65.5 cm³/mol. The van der Waals surface area contributed by atoms with Crippen LogP contribution in [0, 0.1) is 0 Å². The summed E-state index contributed by atoms with van der Waals surface area (Å²) in [5.41, 5.74) is 0. The Morgan fingerprint density at radius 1 is 1.24 bits per heavy atom. The van der Waals surface area contributed by atoms with Gasteiger partial charge in [-0.1, -0.05) is 23.7 Å². The standard InChI is InChI=1S/C13H13ClO3/c14-11-4-1-2-5-13(11)17-9-10(8-15)12-6-3-7-16-12/h1-7,10,15H,8-9H2. The number of ether oxygens (including phenoxy) is 1. The van der Waals surface area contributed by atoms with Gasteiger partial charge < -0.3 is 14.3 Å². The Labute approximate surface area is 105 Å². The van der Waals surface area contributed by atoms with Crippen molar-refractivity contribution >= 4 is 11.6 Å². The van der Waals surface area contributed by atoms with Crippen LogP contribution in [0.5, 0.6) is 5.75 Å². The van der Waals surface area contributed by atoms with Crippen molar-refractivity contribution in [1.29, 1.82) is 0 Å². The highest BCUT2D eigenvalue weighted by Crippen LogP contribution is 2.25. The van der Waals surface area contributed by atoms with Gasteiger partial charge in [0, 0.05) is 0 Å². The molecule has 0 aliphatic rings. The zero-order valence-corrected chi connectivity index (χ0v) is 9.93. The molecule has 1 aromatic heterocycles. The topological polar surface area (TPSA) is 42.6 Å². The van der Waals surface area contributed by atoms with E-state index in [0.29, 0.717) is 23.1 Å². The highest BCUT2D eigenvalue weighted by Gasteiger charge is 2.14. The number of aliphatic hydroxyl groups excluding tert-OH is 1. The van der Waals surface area contributed by atoms with Crippen molar-refractivity contribution in [3.8, 4) is 5.75 Å². The Bertz CT molecular complexity index is 453. The Hall–Kier alpha value is -1.45. The van der Waals surface area contributed by atoms with E-state index < -0.39 is 0 Å². The first-order valence-electron chi connectivity index (χ1n) is 5.33. The number of halogens is 1. The fraction of sp³-hybridized carbons (Fsp3) is 0.231. The van der Waals surface area contributed by atoms with E-state index >= 15 is 0 Å². The van der Waals surface area contributed by atoms with Crippen molar-refractivity contribution in [2.45, 2.75) is 5.92 Å². The van der Waals surface area contributed by atoms with E-state index in [2.05, 4.69) is 0 Å². The van der Waals surface area contributed by atoms with Gasteiger partial charge in [0.1, 0.15) is 18.1 Å². The van der Waals surface area contributed by atoms with Gasteiger partial charge in [-0.2, -0.15) is 0 Å². The van der Waals surface area contributed by atoms with Crippen LogP contribution in [-0.4, -0.2) is 18.3 Å². The molecule has 0 bridgehead atoms. The van der Waals surface area contributed by atoms with Crippen LogP contribution in [0.15, 0.2) is 47.1 Å².